The maximum Gasteiger partial charge on any atom is 0.230 e. The van der Waals surface area contributed by atoms with E-state index in [0.29, 0.717) is 28.4 Å². The second-order valence-electron chi connectivity index (χ2n) is 7.60. The van der Waals surface area contributed by atoms with Crippen LogP contribution in [0.25, 0.3) is 16.9 Å². The van der Waals surface area contributed by atoms with E-state index in [1.165, 1.54) is 13.2 Å². The number of benzene rings is 2. The summed E-state index contributed by atoms with van der Waals surface area (Å²) in [5.41, 5.74) is 4.95. The molecule has 2 aromatic carbocycles. The zero-order valence-electron chi connectivity index (χ0n) is 18.4. The van der Waals surface area contributed by atoms with Crippen LogP contribution in [0.5, 0.6) is 11.5 Å². The van der Waals surface area contributed by atoms with Crippen molar-refractivity contribution in [3.8, 4) is 22.8 Å². The molecule has 0 aliphatic heterocycles. The van der Waals surface area contributed by atoms with Crippen LogP contribution in [0.2, 0.25) is 0 Å². The Labute approximate surface area is 185 Å². The van der Waals surface area contributed by atoms with Gasteiger partial charge in [-0.3, -0.25) is 4.79 Å². The average Bonchev–Trinajstić information content (AvgIpc) is 3.13. The molecule has 0 spiro atoms. The third-order valence-electron chi connectivity index (χ3n) is 5.31. The number of hydrogen-bond acceptors (Lipinski definition) is 4. The van der Waals surface area contributed by atoms with Gasteiger partial charge in [0.05, 0.1) is 37.7 Å². The van der Waals surface area contributed by atoms with Gasteiger partial charge in [0.15, 0.2) is 0 Å². The monoisotopic (exact) mass is 433 g/mol. The van der Waals surface area contributed by atoms with Crippen molar-refractivity contribution in [2.24, 2.45) is 0 Å². The summed E-state index contributed by atoms with van der Waals surface area (Å²) in [6, 6.07) is 13.9. The molecular formula is C25H24FN3O3. The normalized spacial score (nSPS) is 10.9. The lowest BCUT2D eigenvalue weighted by Gasteiger charge is -2.12. The number of aromatic nitrogens is 2. The van der Waals surface area contributed by atoms with E-state index < -0.39 is 0 Å². The second kappa shape index (κ2) is 8.70. The molecule has 0 aliphatic carbocycles. The fourth-order valence-corrected chi connectivity index (χ4v) is 3.64. The molecular weight excluding hydrogens is 409 g/mol. The standard InChI is InChI=1S/C25H24FN3O3/c1-15-5-10-23-28-25(17-6-8-19(26)16(2)11-17)21(29(23)14-15)13-24(30)27-20-9-7-18(31-3)12-22(20)32-4/h5-12,14H,13H2,1-4H3,(H,27,30). The van der Waals surface area contributed by atoms with E-state index in [0.717, 1.165) is 22.5 Å². The Morgan fingerprint density at radius 2 is 1.88 bits per heavy atom. The van der Waals surface area contributed by atoms with E-state index in [2.05, 4.69) is 5.32 Å². The molecule has 164 valence electrons. The van der Waals surface area contributed by atoms with Crippen LogP contribution in [-0.4, -0.2) is 29.5 Å². The summed E-state index contributed by atoms with van der Waals surface area (Å²) >= 11 is 0. The number of carbonyl (C=O) groups is 1. The number of fused-ring (bicyclic) bond motifs is 1. The average molecular weight is 433 g/mol. The van der Waals surface area contributed by atoms with Crippen LogP contribution in [0.15, 0.2) is 54.7 Å². The zero-order chi connectivity index (χ0) is 22.8. The van der Waals surface area contributed by atoms with Crippen LogP contribution in [0.4, 0.5) is 10.1 Å². The topological polar surface area (TPSA) is 64.9 Å². The molecule has 2 aromatic heterocycles. The van der Waals surface area contributed by atoms with Crippen molar-refractivity contribution in [2.75, 3.05) is 19.5 Å². The van der Waals surface area contributed by atoms with Crippen molar-refractivity contribution in [3.63, 3.8) is 0 Å². The molecule has 2 heterocycles. The van der Waals surface area contributed by atoms with Gasteiger partial charge >= 0.3 is 0 Å². The molecule has 0 atom stereocenters. The lowest BCUT2D eigenvalue weighted by molar-refractivity contribution is -0.115. The molecule has 0 saturated carbocycles. The van der Waals surface area contributed by atoms with Crippen LogP contribution in [0.3, 0.4) is 0 Å². The SMILES string of the molecule is COc1ccc(NC(=O)Cc2c(-c3ccc(F)c(C)c3)nc3ccc(C)cn23)c(OC)c1. The second-order valence-corrected chi connectivity index (χ2v) is 7.60. The van der Waals surface area contributed by atoms with Crippen LogP contribution in [0, 0.1) is 19.7 Å². The maximum absolute atomic E-state index is 13.8. The van der Waals surface area contributed by atoms with Crippen LogP contribution in [-0.2, 0) is 11.2 Å². The number of halogens is 1. The first-order valence-corrected chi connectivity index (χ1v) is 10.2. The molecule has 1 N–H and O–H groups in total. The van der Waals surface area contributed by atoms with Gasteiger partial charge in [0, 0.05) is 17.8 Å². The predicted molar refractivity (Wildman–Crippen MR) is 122 cm³/mol. The Bertz CT molecular complexity index is 1310. The zero-order valence-corrected chi connectivity index (χ0v) is 18.4. The number of methoxy groups -OCH3 is 2. The maximum atomic E-state index is 13.8. The van der Waals surface area contributed by atoms with Crippen molar-refractivity contribution in [1.29, 1.82) is 0 Å². The van der Waals surface area contributed by atoms with E-state index in [1.54, 1.807) is 44.4 Å². The fourth-order valence-electron chi connectivity index (χ4n) is 3.64. The number of anilines is 1. The Hall–Kier alpha value is -3.87. The molecule has 1 amide bonds. The summed E-state index contributed by atoms with van der Waals surface area (Å²) in [5, 5.41) is 2.91. The van der Waals surface area contributed by atoms with Gasteiger partial charge in [-0.25, -0.2) is 9.37 Å². The third kappa shape index (κ3) is 4.14. The highest BCUT2D eigenvalue weighted by Crippen LogP contribution is 2.30. The van der Waals surface area contributed by atoms with Crippen molar-refractivity contribution in [2.45, 2.75) is 20.3 Å². The minimum atomic E-state index is -0.278. The number of amides is 1. The first-order chi connectivity index (χ1) is 15.4. The molecule has 0 fully saturated rings. The Morgan fingerprint density at radius 1 is 1.06 bits per heavy atom. The largest absolute Gasteiger partial charge is 0.497 e. The van der Waals surface area contributed by atoms with Crippen LogP contribution < -0.4 is 14.8 Å². The van der Waals surface area contributed by atoms with Gasteiger partial charge in [0.1, 0.15) is 23.0 Å². The van der Waals surface area contributed by atoms with Gasteiger partial charge in [-0.2, -0.15) is 0 Å². The molecule has 6 nitrogen and oxygen atoms in total. The highest BCUT2D eigenvalue weighted by Gasteiger charge is 2.19. The van der Waals surface area contributed by atoms with Gasteiger partial charge in [-0.15, -0.1) is 0 Å². The first-order valence-electron chi connectivity index (χ1n) is 10.2. The number of ether oxygens (including phenoxy) is 2. The van der Waals surface area contributed by atoms with Gasteiger partial charge in [0.2, 0.25) is 5.91 Å². The molecule has 4 rings (SSSR count). The Kier molecular flexibility index (Phi) is 5.81. The molecule has 0 aliphatic rings. The molecule has 0 bridgehead atoms. The summed E-state index contributed by atoms with van der Waals surface area (Å²) in [7, 11) is 3.10. The highest BCUT2D eigenvalue weighted by atomic mass is 19.1. The minimum Gasteiger partial charge on any atom is -0.497 e. The van der Waals surface area contributed by atoms with Crippen LogP contribution >= 0.6 is 0 Å². The van der Waals surface area contributed by atoms with Gasteiger partial charge in [-0.1, -0.05) is 6.07 Å². The predicted octanol–water partition coefficient (Wildman–Crippen LogP) is 4.96. The van der Waals surface area contributed by atoms with Gasteiger partial charge in [0.25, 0.3) is 0 Å². The van der Waals surface area contributed by atoms with E-state index >= 15 is 0 Å². The van der Waals surface area contributed by atoms with Crippen molar-refractivity contribution in [3.05, 3.63) is 77.4 Å². The first kappa shape index (κ1) is 21.4. The number of aryl methyl sites for hydroxylation is 2. The number of rotatable bonds is 6. The van der Waals surface area contributed by atoms with Crippen molar-refractivity contribution >= 4 is 17.2 Å². The number of imidazole rings is 1. The molecule has 0 unspecified atom stereocenters. The fraction of sp³-hybridized carbons (Fsp3) is 0.200. The minimum absolute atomic E-state index is 0.0750. The van der Waals surface area contributed by atoms with Gasteiger partial charge < -0.3 is 19.2 Å². The van der Waals surface area contributed by atoms with E-state index in [9.17, 15) is 9.18 Å². The number of hydrogen-bond donors (Lipinski definition) is 1. The van der Waals surface area contributed by atoms with E-state index in [1.807, 2.05) is 29.7 Å². The molecule has 0 radical (unpaired) electrons. The number of nitrogens with one attached hydrogen (secondary N) is 1. The molecule has 32 heavy (non-hydrogen) atoms. The quantitative estimate of drug-likeness (QED) is 0.467. The summed E-state index contributed by atoms with van der Waals surface area (Å²) in [6.07, 6.45) is 2.02. The van der Waals surface area contributed by atoms with Crippen LogP contribution in [0.1, 0.15) is 16.8 Å². The van der Waals surface area contributed by atoms with Crippen molar-refractivity contribution < 1.29 is 18.7 Å². The highest BCUT2D eigenvalue weighted by molar-refractivity contribution is 5.94. The third-order valence-corrected chi connectivity index (χ3v) is 5.31. The summed E-state index contributed by atoms with van der Waals surface area (Å²) < 4.78 is 26.3. The summed E-state index contributed by atoms with van der Waals surface area (Å²) in [4.78, 5) is 17.8. The number of carbonyl (C=O) groups excluding carboxylic acids is 1. The summed E-state index contributed by atoms with van der Waals surface area (Å²) in [6.45, 7) is 3.69. The Morgan fingerprint density at radius 3 is 2.59 bits per heavy atom. The smallest absolute Gasteiger partial charge is 0.230 e. The number of pyridine rings is 1. The summed E-state index contributed by atoms with van der Waals surface area (Å²) in [5.74, 6) is 0.628. The lowest BCUT2D eigenvalue weighted by atomic mass is 10.1. The molecule has 7 heteroatoms. The van der Waals surface area contributed by atoms with E-state index in [-0.39, 0.29) is 18.1 Å². The lowest BCUT2D eigenvalue weighted by Crippen LogP contribution is -2.16. The van der Waals surface area contributed by atoms with Gasteiger partial charge in [-0.05, 0) is 61.4 Å². The van der Waals surface area contributed by atoms with E-state index in [4.69, 9.17) is 14.5 Å². The Balaban J connectivity index is 1.72. The number of nitrogens with zero attached hydrogens (tertiary/aromatic N) is 2. The molecule has 0 saturated heterocycles. The molecule has 4 aromatic rings. The van der Waals surface area contributed by atoms with Crippen molar-refractivity contribution in [1.82, 2.24) is 9.38 Å².